The molecule has 6 nitrogen and oxygen atoms in total. The number of alkyl halides is 3. The van der Waals surface area contributed by atoms with Crippen molar-refractivity contribution in [2.75, 3.05) is 12.0 Å². The molecule has 2 N–H and O–H groups in total. The van der Waals surface area contributed by atoms with E-state index in [1.54, 1.807) is 42.5 Å². The highest BCUT2D eigenvalue weighted by molar-refractivity contribution is 5.84. The summed E-state index contributed by atoms with van der Waals surface area (Å²) in [5.74, 6) is 0.230. The first kappa shape index (κ1) is 21.1. The molecule has 0 saturated carbocycles. The Morgan fingerprint density at radius 1 is 1.10 bits per heavy atom. The van der Waals surface area contributed by atoms with E-state index in [0.29, 0.717) is 23.5 Å². The van der Waals surface area contributed by atoms with Crippen LogP contribution in [0.4, 0.5) is 19.0 Å². The summed E-state index contributed by atoms with van der Waals surface area (Å²) >= 11 is 0. The fourth-order valence-electron chi connectivity index (χ4n) is 2.48. The Labute approximate surface area is 171 Å². The largest absolute Gasteiger partial charge is 0.507 e. The van der Waals surface area contributed by atoms with Crippen molar-refractivity contribution in [1.29, 1.82) is 0 Å². The molecule has 0 saturated heterocycles. The zero-order valence-corrected chi connectivity index (χ0v) is 16.0. The van der Waals surface area contributed by atoms with Gasteiger partial charge < -0.3 is 9.84 Å². The van der Waals surface area contributed by atoms with Gasteiger partial charge in [0.1, 0.15) is 11.5 Å². The molecule has 0 spiro atoms. The minimum atomic E-state index is -4.64. The van der Waals surface area contributed by atoms with Gasteiger partial charge in [-0.2, -0.15) is 18.3 Å². The molecule has 0 amide bonds. The molecule has 0 atom stereocenters. The fraction of sp³-hybridized carbons (Fsp3) is 0.190. The average Bonchev–Trinajstić information content (AvgIpc) is 2.73. The molecular weight excluding hydrogens is 397 g/mol. The Balaban J connectivity index is 1.82. The number of ether oxygens (including phenoxy) is 1. The van der Waals surface area contributed by atoms with Crippen LogP contribution in [0.2, 0.25) is 0 Å². The number of phenolic OH excluding ortho intramolecular Hbond substituents is 1. The molecule has 0 aliphatic rings. The highest BCUT2D eigenvalue weighted by Gasteiger charge is 2.33. The lowest BCUT2D eigenvalue weighted by Crippen LogP contribution is -2.11. The fourth-order valence-corrected chi connectivity index (χ4v) is 2.48. The Morgan fingerprint density at radius 2 is 1.87 bits per heavy atom. The number of hydrogen-bond donors (Lipinski definition) is 2. The average molecular weight is 416 g/mol. The van der Waals surface area contributed by atoms with Gasteiger partial charge in [0, 0.05) is 23.3 Å². The molecule has 0 radical (unpaired) electrons. The van der Waals surface area contributed by atoms with Crippen LogP contribution in [0.15, 0.2) is 59.7 Å². The first-order valence-electron chi connectivity index (χ1n) is 9.13. The van der Waals surface area contributed by atoms with Crippen molar-refractivity contribution in [3.8, 4) is 22.9 Å². The second kappa shape index (κ2) is 9.25. The zero-order chi connectivity index (χ0) is 21.6. The van der Waals surface area contributed by atoms with E-state index in [1.165, 1.54) is 12.3 Å². The highest BCUT2D eigenvalue weighted by atomic mass is 19.4. The second-order valence-electron chi connectivity index (χ2n) is 6.26. The van der Waals surface area contributed by atoms with Crippen molar-refractivity contribution in [3.63, 3.8) is 0 Å². The smallest absolute Gasteiger partial charge is 0.433 e. The number of halogens is 3. The lowest BCUT2D eigenvalue weighted by Gasteiger charge is -2.10. The Bertz CT molecular complexity index is 1020. The molecule has 0 fully saturated rings. The number of rotatable bonds is 7. The van der Waals surface area contributed by atoms with Crippen LogP contribution in [0.25, 0.3) is 11.4 Å². The molecular formula is C21H19F3N4O2. The van der Waals surface area contributed by atoms with E-state index >= 15 is 0 Å². The molecule has 0 aliphatic carbocycles. The molecule has 0 bridgehead atoms. The minimum Gasteiger partial charge on any atom is -0.507 e. The highest BCUT2D eigenvalue weighted by Crippen LogP contribution is 2.30. The summed E-state index contributed by atoms with van der Waals surface area (Å²) < 4.78 is 45.1. The van der Waals surface area contributed by atoms with Crippen molar-refractivity contribution >= 4 is 12.0 Å². The first-order valence-corrected chi connectivity index (χ1v) is 9.13. The van der Waals surface area contributed by atoms with E-state index in [0.717, 1.165) is 12.5 Å². The third kappa shape index (κ3) is 5.47. The van der Waals surface area contributed by atoms with Crippen LogP contribution in [-0.2, 0) is 6.18 Å². The summed E-state index contributed by atoms with van der Waals surface area (Å²) in [6.45, 7) is 2.49. The van der Waals surface area contributed by atoms with Gasteiger partial charge in [-0.25, -0.2) is 9.97 Å². The van der Waals surface area contributed by atoms with Gasteiger partial charge >= 0.3 is 6.18 Å². The molecule has 9 heteroatoms. The minimum absolute atomic E-state index is 0.0715. The number of benzene rings is 2. The molecule has 1 aromatic heterocycles. The number of aromatic hydroxyl groups is 1. The van der Waals surface area contributed by atoms with Gasteiger partial charge in [0.15, 0.2) is 17.3 Å². The molecule has 156 valence electrons. The van der Waals surface area contributed by atoms with Crippen LogP contribution in [0.1, 0.15) is 24.6 Å². The quantitative estimate of drug-likeness (QED) is 0.414. The van der Waals surface area contributed by atoms with Crippen LogP contribution in [0.3, 0.4) is 0 Å². The maximum Gasteiger partial charge on any atom is 0.433 e. The van der Waals surface area contributed by atoms with Crippen LogP contribution < -0.4 is 10.2 Å². The summed E-state index contributed by atoms with van der Waals surface area (Å²) in [5.41, 5.74) is 2.18. The first-order chi connectivity index (χ1) is 14.4. The lowest BCUT2D eigenvalue weighted by molar-refractivity contribution is -0.141. The third-order valence-electron chi connectivity index (χ3n) is 3.91. The van der Waals surface area contributed by atoms with Gasteiger partial charge in [-0.3, -0.25) is 5.43 Å². The number of aromatic nitrogens is 2. The van der Waals surface area contributed by atoms with Crippen LogP contribution in [0, 0.1) is 0 Å². The number of hydrazone groups is 1. The van der Waals surface area contributed by atoms with E-state index in [9.17, 15) is 18.3 Å². The molecule has 3 rings (SSSR count). The van der Waals surface area contributed by atoms with Crippen molar-refractivity contribution in [2.24, 2.45) is 5.10 Å². The van der Waals surface area contributed by atoms with E-state index in [4.69, 9.17) is 4.74 Å². The molecule has 2 aromatic carbocycles. The van der Waals surface area contributed by atoms with Gasteiger partial charge in [0.05, 0.1) is 12.8 Å². The van der Waals surface area contributed by atoms with Crippen LogP contribution >= 0.6 is 0 Å². The van der Waals surface area contributed by atoms with E-state index in [2.05, 4.69) is 20.5 Å². The van der Waals surface area contributed by atoms with E-state index < -0.39 is 11.9 Å². The molecule has 1 heterocycles. The number of anilines is 1. The van der Waals surface area contributed by atoms with Gasteiger partial charge in [0.25, 0.3) is 0 Å². The summed E-state index contributed by atoms with van der Waals surface area (Å²) in [6, 6.07) is 13.8. The molecule has 30 heavy (non-hydrogen) atoms. The maximum absolute atomic E-state index is 13.2. The lowest BCUT2D eigenvalue weighted by atomic mass is 10.2. The van der Waals surface area contributed by atoms with Crippen molar-refractivity contribution in [2.45, 2.75) is 19.5 Å². The van der Waals surface area contributed by atoms with Crippen molar-refractivity contribution in [1.82, 2.24) is 9.97 Å². The normalized spacial score (nSPS) is 11.6. The Morgan fingerprint density at radius 3 is 2.53 bits per heavy atom. The van der Waals surface area contributed by atoms with Gasteiger partial charge in [-0.1, -0.05) is 37.3 Å². The molecule has 0 unspecified atom stereocenters. The number of nitrogens with zero attached hydrogens (tertiary/aromatic N) is 3. The molecule has 3 aromatic rings. The topological polar surface area (TPSA) is 79.6 Å². The van der Waals surface area contributed by atoms with Gasteiger partial charge in [-0.05, 0) is 18.6 Å². The van der Waals surface area contributed by atoms with Crippen LogP contribution in [0.5, 0.6) is 11.5 Å². The van der Waals surface area contributed by atoms with Crippen LogP contribution in [-0.4, -0.2) is 27.9 Å². The Kier molecular flexibility index (Phi) is 6.51. The van der Waals surface area contributed by atoms with Crippen molar-refractivity contribution < 1.29 is 23.0 Å². The standard InChI is InChI=1S/C21H19F3N4O2/c1-2-10-30-16-9-8-15(17(29)11-16)13-25-28-19-12-18(21(22,23)24)26-20(27-19)14-6-4-3-5-7-14/h3-9,11-13,29H,2,10H2,1H3,(H,26,27,28)/b25-13-. The van der Waals surface area contributed by atoms with E-state index in [1.807, 2.05) is 6.92 Å². The maximum atomic E-state index is 13.2. The Hall–Kier alpha value is -3.62. The van der Waals surface area contributed by atoms with Gasteiger partial charge in [0.2, 0.25) is 0 Å². The van der Waals surface area contributed by atoms with Gasteiger partial charge in [-0.15, -0.1) is 0 Å². The van der Waals surface area contributed by atoms with E-state index in [-0.39, 0.29) is 17.4 Å². The summed E-state index contributed by atoms with van der Waals surface area (Å²) in [4.78, 5) is 7.71. The predicted molar refractivity (Wildman–Crippen MR) is 108 cm³/mol. The number of nitrogens with one attached hydrogen (secondary N) is 1. The summed E-state index contributed by atoms with van der Waals surface area (Å²) in [6.07, 6.45) is -2.53. The predicted octanol–water partition coefficient (Wildman–Crippen LogP) is 5.10. The zero-order valence-electron chi connectivity index (χ0n) is 16.0. The number of hydrogen-bond acceptors (Lipinski definition) is 6. The second-order valence-corrected chi connectivity index (χ2v) is 6.26. The summed E-state index contributed by atoms with van der Waals surface area (Å²) in [7, 11) is 0. The third-order valence-corrected chi connectivity index (χ3v) is 3.91. The summed E-state index contributed by atoms with van der Waals surface area (Å²) in [5, 5.41) is 13.9. The molecule has 0 aliphatic heterocycles. The SMILES string of the molecule is CCCOc1ccc(/C=N\Nc2cc(C(F)(F)F)nc(-c3ccccc3)n2)c(O)c1. The number of phenols is 1. The van der Waals surface area contributed by atoms with Crippen molar-refractivity contribution in [3.05, 3.63) is 65.9 Å². The monoisotopic (exact) mass is 416 g/mol.